The smallest absolute Gasteiger partial charge is 0.287 e. The van der Waals surface area contributed by atoms with Gasteiger partial charge in [-0.05, 0) is 75.0 Å². The second-order valence-electron chi connectivity index (χ2n) is 8.55. The van der Waals surface area contributed by atoms with Gasteiger partial charge in [0.15, 0.2) is 11.2 Å². The van der Waals surface area contributed by atoms with E-state index < -0.39 is 5.91 Å². The lowest BCUT2D eigenvalue weighted by Crippen LogP contribution is -2.41. The lowest BCUT2D eigenvalue weighted by atomic mass is 9.97. The quantitative estimate of drug-likeness (QED) is 0.635. The van der Waals surface area contributed by atoms with Crippen molar-refractivity contribution >= 4 is 16.9 Å². The number of hydrogen-bond acceptors (Lipinski definition) is 5. The highest BCUT2D eigenvalue weighted by Gasteiger charge is 2.27. The number of piperidine rings is 1. The van der Waals surface area contributed by atoms with Gasteiger partial charge in [0, 0.05) is 12.6 Å². The molecule has 0 spiro atoms. The Bertz CT molecular complexity index is 1120. The number of nitrogens with zero attached hydrogens (tertiary/aromatic N) is 1. The van der Waals surface area contributed by atoms with Crippen LogP contribution in [0.1, 0.15) is 60.4 Å². The maximum atomic E-state index is 12.8. The van der Waals surface area contributed by atoms with Crippen LogP contribution in [0.2, 0.25) is 0 Å². The fraction of sp³-hybridized carbons (Fsp3) is 0.440. The normalized spacial score (nSPS) is 16.5. The van der Waals surface area contributed by atoms with E-state index in [1.807, 2.05) is 38.1 Å². The van der Waals surface area contributed by atoms with Crippen molar-refractivity contribution in [3.8, 4) is 0 Å². The first-order chi connectivity index (χ1) is 14.9. The van der Waals surface area contributed by atoms with E-state index in [0.717, 1.165) is 49.4 Å². The largest absolute Gasteiger partial charge is 0.465 e. The molecule has 1 N–H and O–H groups in total. The summed E-state index contributed by atoms with van der Waals surface area (Å²) in [7, 11) is 0. The van der Waals surface area contributed by atoms with Gasteiger partial charge in [0.2, 0.25) is 0 Å². The van der Waals surface area contributed by atoms with Crippen molar-refractivity contribution < 1.29 is 13.6 Å². The van der Waals surface area contributed by atoms with E-state index in [0.29, 0.717) is 23.4 Å². The number of aryl methyl sites for hydroxylation is 2. The monoisotopic (exact) mass is 422 g/mol. The Kier molecular flexibility index (Phi) is 6.28. The van der Waals surface area contributed by atoms with Crippen LogP contribution in [-0.4, -0.2) is 30.4 Å². The van der Waals surface area contributed by atoms with Crippen molar-refractivity contribution in [1.82, 2.24) is 10.2 Å². The van der Waals surface area contributed by atoms with Crippen LogP contribution in [0.4, 0.5) is 0 Å². The second kappa shape index (κ2) is 9.10. The highest BCUT2D eigenvalue weighted by atomic mass is 16.3. The molecule has 164 valence electrons. The van der Waals surface area contributed by atoms with Crippen molar-refractivity contribution in [2.24, 2.45) is 5.92 Å². The Morgan fingerprint density at radius 1 is 1.16 bits per heavy atom. The number of fused-ring (bicyclic) bond motifs is 1. The third kappa shape index (κ3) is 4.74. The van der Waals surface area contributed by atoms with Gasteiger partial charge in [-0.25, -0.2) is 0 Å². The lowest BCUT2D eigenvalue weighted by molar-refractivity contribution is 0.0870. The predicted octanol–water partition coefficient (Wildman–Crippen LogP) is 4.46. The molecule has 0 aliphatic carbocycles. The average molecular weight is 423 g/mol. The summed E-state index contributed by atoms with van der Waals surface area (Å²) in [5.41, 5.74) is 1.28. The SMILES string of the molecule is CCc1ccc2oc(C(=O)NCC(c3ccc(C)o3)N3CCC(C)CC3)cc(=O)c2c1. The molecule has 1 unspecified atom stereocenters. The summed E-state index contributed by atoms with van der Waals surface area (Å²) in [5, 5.41) is 3.46. The molecule has 3 aromatic rings. The Labute approximate surface area is 182 Å². The molecule has 2 aromatic heterocycles. The molecule has 6 heteroatoms. The zero-order valence-electron chi connectivity index (χ0n) is 18.4. The average Bonchev–Trinajstić information content (AvgIpc) is 3.20. The van der Waals surface area contributed by atoms with Crippen molar-refractivity contribution in [1.29, 1.82) is 0 Å². The van der Waals surface area contributed by atoms with E-state index in [1.54, 1.807) is 6.07 Å². The number of carbonyl (C=O) groups is 1. The lowest BCUT2D eigenvalue weighted by Gasteiger charge is -2.35. The first kappa shape index (κ1) is 21.4. The fourth-order valence-corrected chi connectivity index (χ4v) is 4.19. The van der Waals surface area contributed by atoms with Crippen molar-refractivity contribution in [3.63, 3.8) is 0 Å². The highest BCUT2D eigenvalue weighted by molar-refractivity contribution is 5.93. The van der Waals surface area contributed by atoms with Crippen LogP contribution >= 0.6 is 0 Å². The first-order valence-corrected chi connectivity index (χ1v) is 11.1. The second-order valence-corrected chi connectivity index (χ2v) is 8.55. The molecule has 6 nitrogen and oxygen atoms in total. The first-order valence-electron chi connectivity index (χ1n) is 11.1. The number of furan rings is 1. The van der Waals surface area contributed by atoms with E-state index in [2.05, 4.69) is 17.1 Å². The fourth-order valence-electron chi connectivity index (χ4n) is 4.19. The molecule has 1 aliphatic rings. The van der Waals surface area contributed by atoms with Crippen molar-refractivity contribution in [2.45, 2.75) is 46.1 Å². The molecule has 1 fully saturated rings. The third-order valence-electron chi connectivity index (χ3n) is 6.23. The molecular weight excluding hydrogens is 392 g/mol. The van der Waals surface area contributed by atoms with Gasteiger partial charge < -0.3 is 14.2 Å². The summed E-state index contributed by atoms with van der Waals surface area (Å²) in [6.45, 7) is 8.54. The zero-order chi connectivity index (χ0) is 22.0. The number of benzene rings is 1. The summed E-state index contributed by atoms with van der Waals surface area (Å²) in [6, 6.07) is 10.7. The number of carbonyl (C=O) groups excluding carboxylic acids is 1. The minimum atomic E-state index is -0.391. The Morgan fingerprint density at radius 2 is 1.94 bits per heavy atom. The van der Waals surface area contributed by atoms with Gasteiger partial charge >= 0.3 is 0 Å². The number of rotatable bonds is 6. The summed E-state index contributed by atoms with van der Waals surface area (Å²) in [4.78, 5) is 27.8. The van der Waals surface area contributed by atoms with Crippen molar-refractivity contribution in [2.75, 3.05) is 19.6 Å². The Morgan fingerprint density at radius 3 is 2.61 bits per heavy atom. The highest BCUT2D eigenvalue weighted by Crippen LogP contribution is 2.27. The number of hydrogen-bond donors (Lipinski definition) is 1. The van der Waals surface area contributed by atoms with Gasteiger partial charge in [0.25, 0.3) is 5.91 Å². The molecule has 1 amide bonds. The van der Waals surface area contributed by atoms with Crippen molar-refractivity contribution in [3.05, 3.63) is 69.5 Å². The molecule has 31 heavy (non-hydrogen) atoms. The molecule has 0 radical (unpaired) electrons. The van der Waals surface area contributed by atoms with Crippen LogP contribution in [-0.2, 0) is 6.42 Å². The molecule has 1 aliphatic heterocycles. The molecule has 1 atom stereocenters. The summed E-state index contributed by atoms with van der Waals surface area (Å²) in [6.07, 6.45) is 3.09. The van der Waals surface area contributed by atoms with Crippen LogP contribution in [0.5, 0.6) is 0 Å². The molecular formula is C25H30N2O4. The number of nitrogens with one attached hydrogen (secondary N) is 1. The molecule has 1 aromatic carbocycles. The van der Waals surface area contributed by atoms with E-state index in [4.69, 9.17) is 8.83 Å². The molecule has 3 heterocycles. The van der Waals surface area contributed by atoms with Crippen LogP contribution < -0.4 is 10.7 Å². The molecule has 0 bridgehead atoms. The minimum Gasteiger partial charge on any atom is -0.465 e. The van der Waals surface area contributed by atoms with Crippen LogP contribution in [0.15, 0.2) is 50.0 Å². The number of amides is 1. The summed E-state index contributed by atoms with van der Waals surface area (Å²) in [5.74, 6) is 2.05. The zero-order valence-corrected chi connectivity index (χ0v) is 18.4. The maximum absolute atomic E-state index is 12.8. The molecule has 4 rings (SSSR count). The van der Waals surface area contributed by atoms with Gasteiger partial charge in [-0.3, -0.25) is 14.5 Å². The van der Waals surface area contributed by atoms with E-state index >= 15 is 0 Å². The maximum Gasteiger partial charge on any atom is 0.287 e. The van der Waals surface area contributed by atoms with Gasteiger partial charge in [-0.15, -0.1) is 0 Å². The topological polar surface area (TPSA) is 75.7 Å². The number of likely N-dealkylation sites (tertiary alicyclic amines) is 1. The van der Waals surface area contributed by atoms with Crippen LogP contribution in [0.3, 0.4) is 0 Å². The van der Waals surface area contributed by atoms with E-state index in [-0.39, 0.29) is 17.2 Å². The van der Waals surface area contributed by atoms with E-state index in [1.165, 1.54) is 6.07 Å². The van der Waals surface area contributed by atoms with Gasteiger partial charge in [0.05, 0.1) is 11.4 Å². The van der Waals surface area contributed by atoms with Crippen LogP contribution in [0, 0.1) is 12.8 Å². The molecule has 1 saturated heterocycles. The molecule has 0 saturated carbocycles. The summed E-state index contributed by atoms with van der Waals surface area (Å²) < 4.78 is 11.7. The van der Waals surface area contributed by atoms with Gasteiger partial charge in [0.1, 0.15) is 17.1 Å². The third-order valence-corrected chi connectivity index (χ3v) is 6.23. The van der Waals surface area contributed by atoms with Gasteiger partial charge in [-0.2, -0.15) is 0 Å². The standard InChI is InChI=1S/C25H30N2O4/c1-4-18-6-8-22-19(13-18)21(28)14-24(31-22)25(29)26-15-20(23-7-5-17(3)30-23)27-11-9-16(2)10-12-27/h5-8,13-14,16,20H,4,9-12,15H2,1-3H3,(H,26,29). The Hall–Kier alpha value is -2.86. The van der Waals surface area contributed by atoms with E-state index in [9.17, 15) is 9.59 Å². The van der Waals surface area contributed by atoms with Crippen LogP contribution in [0.25, 0.3) is 11.0 Å². The Balaban J connectivity index is 1.53. The predicted molar refractivity (Wildman–Crippen MR) is 120 cm³/mol. The summed E-state index contributed by atoms with van der Waals surface area (Å²) >= 11 is 0. The van der Waals surface area contributed by atoms with Gasteiger partial charge in [-0.1, -0.05) is 19.9 Å². The minimum absolute atomic E-state index is 0.0309.